The third-order valence-corrected chi connectivity index (χ3v) is 2.88. The Balaban J connectivity index is 1.79. The highest BCUT2D eigenvalue weighted by atomic mass is 19.1. The monoisotopic (exact) mass is 241 g/mol. The second-order valence-electron chi connectivity index (χ2n) is 4.14. The van der Waals surface area contributed by atoms with Crippen molar-refractivity contribution in [2.45, 2.75) is 0 Å². The minimum absolute atomic E-state index is 0.236. The zero-order valence-electron chi connectivity index (χ0n) is 9.68. The van der Waals surface area contributed by atoms with Gasteiger partial charge in [-0.1, -0.05) is 0 Å². The van der Waals surface area contributed by atoms with Gasteiger partial charge >= 0.3 is 0 Å². The van der Waals surface area contributed by atoms with Crippen molar-refractivity contribution in [2.75, 3.05) is 44.6 Å². The van der Waals surface area contributed by atoms with Gasteiger partial charge in [-0.05, 0) is 18.2 Å². The molecule has 1 heterocycles. The lowest BCUT2D eigenvalue weighted by atomic mass is 10.3. The van der Waals surface area contributed by atoms with Crippen LogP contribution in [0.25, 0.3) is 0 Å². The first kappa shape index (κ1) is 12.3. The summed E-state index contributed by atoms with van der Waals surface area (Å²) in [6, 6.07) is 3.45. The van der Waals surface area contributed by atoms with E-state index in [1.165, 1.54) is 6.07 Å². The van der Waals surface area contributed by atoms with E-state index in [1.807, 2.05) is 0 Å². The van der Waals surface area contributed by atoms with Crippen LogP contribution in [-0.4, -0.2) is 44.2 Å². The number of halogens is 2. The standard InChI is InChI=1S/C12H17F2N3/c13-10-1-2-11(14)12(9-10)16-5-8-17-6-3-15-4-7-17/h1-2,9,15-16H,3-8H2. The van der Waals surface area contributed by atoms with E-state index in [9.17, 15) is 8.78 Å². The highest BCUT2D eigenvalue weighted by Gasteiger charge is 2.09. The number of rotatable bonds is 4. The maximum absolute atomic E-state index is 13.3. The largest absolute Gasteiger partial charge is 0.381 e. The van der Waals surface area contributed by atoms with Gasteiger partial charge in [0.25, 0.3) is 0 Å². The van der Waals surface area contributed by atoms with Crippen LogP contribution in [-0.2, 0) is 0 Å². The molecular weight excluding hydrogens is 224 g/mol. The van der Waals surface area contributed by atoms with Gasteiger partial charge in [-0.25, -0.2) is 8.78 Å². The molecule has 1 aliphatic heterocycles. The Morgan fingerprint density at radius 1 is 1.24 bits per heavy atom. The molecule has 1 aromatic rings. The van der Waals surface area contributed by atoms with Crippen LogP contribution in [0.3, 0.4) is 0 Å². The highest BCUT2D eigenvalue weighted by Crippen LogP contribution is 2.14. The van der Waals surface area contributed by atoms with Crippen molar-refractivity contribution in [3.63, 3.8) is 0 Å². The summed E-state index contributed by atoms with van der Waals surface area (Å²) in [4.78, 5) is 2.29. The molecule has 1 aliphatic rings. The molecule has 0 amide bonds. The molecule has 3 nitrogen and oxygen atoms in total. The molecule has 0 saturated carbocycles. The maximum atomic E-state index is 13.3. The molecule has 0 unspecified atom stereocenters. The first-order valence-corrected chi connectivity index (χ1v) is 5.88. The molecule has 0 spiro atoms. The number of benzene rings is 1. The number of anilines is 1. The van der Waals surface area contributed by atoms with Crippen LogP contribution < -0.4 is 10.6 Å². The average Bonchev–Trinajstić information content (AvgIpc) is 2.35. The predicted octanol–water partition coefficient (Wildman–Crippen LogP) is 1.28. The summed E-state index contributed by atoms with van der Waals surface area (Å²) in [6.07, 6.45) is 0. The third kappa shape index (κ3) is 3.64. The van der Waals surface area contributed by atoms with E-state index in [4.69, 9.17) is 0 Å². The fourth-order valence-electron chi connectivity index (χ4n) is 1.92. The molecule has 2 rings (SSSR count). The normalized spacial score (nSPS) is 17.1. The number of nitrogens with zero attached hydrogens (tertiary/aromatic N) is 1. The summed E-state index contributed by atoms with van der Waals surface area (Å²) >= 11 is 0. The van der Waals surface area contributed by atoms with E-state index >= 15 is 0 Å². The minimum Gasteiger partial charge on any atom is -0.381 e. The van der Waals surface area contributed by atoms with Gasteiger partial charge in [-0.15, -0.1) is 0 Å². The van der Waals surface area contributed by atoms with Gasteiger partial charge in [0, 0.05) is 39.3 Å². The predicted molar refractivity (Wildman–Crippen MR) is 64.2 cm³/mol. The summed E-state index contributed by atoms with van der Waals surface area (Å²) in [6.45, 7) is 5.47. The Bertz CT molecular complexity index is 365. The smallest absolute Gasteiger partial charge is 0.146 e. The summed E-state index contributed by atoms with van der Waals surface area (Å²) in [5.74, 6) is -0.831. The summed E-state index contributed by atoms with van der Waals surface area (Å²) in [5.41, 5.74) is 0.236. The van der Waals surface area contributed by atoms with Gasteiger partial charge < -0.3 is 10.6 Å². The number of hydrogen-bond acceptors (Lipinski definition) is 3. The van der Waals surface area contributed by atoms with E-state index in [0.29, 0.717) is 6.54 Å². The molecule has 1 fully saturated rings. The zero-order chi connectivity index (χ0) is 12.1. The quantitative estimate of drug-likeness (QED) is 0.831. The zero-order valence-corrected chi connectivity index (χ0v) is 9.68. The fraction of sp³-hybridized carbons (Fsp3) is 0.500. The Labute approximate surface area is 99.8 Å². The van der Waals surface area contributed by atoms with Crippen LogP contribution in [0.2, 0.25) is 0 Å². The molecule has 1 saturated heterocycles. The Morgan fingerprint density at radius 3 is 2.76 bits per heavy atom. The fourth-order valence-corrected chi connectivity index (χ4v) is 1.92. The van der Waals surface area contributed by atoms with Gasteiger partial charge in [0.2, 0.25) is 0 Å². The van der Waals surface area contributed by atoms with Gasteiger partial charge in [0.15, 0.2) is 0 Å². The summed E-state index contributed by atoms with van der Waals surface area (Å²) in [5, 5.41) is 6.19. The van der Waals surface area contributed by atoms with E-state index in [1.54, 1.807) is 0 Å². The second-order valence-corrected chi connectivity index (χ2v) is 4.14. The topological polar surface area (TPSA) is 27.3 Å². The van der Waals surface area contributed by atoms with Gasteiger partial charge in [0.1, 0.15) is 11.6 Å². The van der Waals surface area contributed by atoms with Crippen molar-refractivity contribution >= 4 is 5.69 Å². The first-order chi connectivity index (χ1) is 8.25. The lowest BCUT2D eigenvalue weighted by Crippen LogP contribution is -2.45. The van der Waals surface area contributed by atoms with E-state index in [-0.39, 0.29) is 5.69 Å². The van der Waals surface area contributed by atoms with Crippen molar-refractivity contribution in [1.82, 2.24) is 10.2 Å². The molecule has 17 heavy (non-hydrogen) atoms. The maximum Gasteiger partial charge on any atom is 0.146 e. The second kappa shape index (κ2) is 5.93. The van der Waals surface area contributed by atoms with Crippen LogP contribution in [0.4, 0.5) is 14.5 Å². The molecule has 5 heteroatoms. The number of hydrogen-bond donors (Lipinski definition) is 2. The van der Waals surface area contributed by atoms with Crippen molar-refractivity contribution in [3.8, 4) is 0 Å². The van der Waals surface area contributed by atoms with Crippen LogP contribution in [0, 0.1) is 11.6 Å². The Morgan fingerprint density at radius 2 is 2.00 bits per heavy atom. The SMILES string of the molecule is Fc1ccc(F)c(NCCN2CCNCC2)c1. The molecule has 2 N–H and O–H groups in total. The van der Waals surface area contributed by atoms with Crippen molar-refractivity contribution in [3.05, 3.63) is 29.8 Å². The van der Waals surface area contributed by atoms with Crippen molar-refractivity contribution < 1.29 is 8.78 Å². The van der Waals surface area contributed by atoms with E-state index in [2.05, 4.69) is 15.5 Å². The van der Waals surface area contributed by atoms with Crippen LogP contribution in [0.15, 0.2) is 18.2 Å². The van der Waals surface area contributed by atoms with E-state index in [0.717, 1.165) is 44.9 Å². The molecule has 0 aliphatic carbocycles. The minimum atomic E-state index is -0.420. The van der Waals surface area contributed by atoms with E-state index < -0.39 is 11.6 Å². The Hall–Kier alpha value is -1.20. The van der Waals surface area contributed by atoms with Crippen molar-refractivity contribution in [2.24, 2.45) is 0 Å². The average molecular weight is 241 g/mol. The molecule has 0 radical (unpaired) electrons. The molecule has 0 aromatic heterocycles. The van der Waals surface area contributed by atoms with Gasteiger partial charge in [0.05, 0.1) is 5.69 Å². The third-order valence-electron chi connectivity index (χ3n) is 2.88. The summed E-state index contributed by atoms with van der Waals surface area (Å²) in [7, 11) is 0. The molecule has 94 valence electrons. The molecule has 1 aromatic carbocycles. The number of nitrogens with one attached hydrogen (secondary N) is 2. The molecule has 0 bridgehead atoms. The number of piperazine rings is 1. The van der Waals surface area contributed by atoms with Gasteiger partial charge in [-0.3, -0.25) is 4.90 Å². The highest BCUT2D eigenvalue weighted by molar-refractivity contribution is 5.44. The van der Waals surface area contributed by atoms with Crippen LogP contribution in [0.1, 0.15) is 0 Å². The van der Waals surface area contributed by atoms with Crippen molar-refractivity contribution in [1.29, 1.82) is 0 Å². The van der Waals surface area contributed by atoms with Gasteiger partial charge in [-0.2, -0.15) is 0 Å². The van der Waals surface area contributed by atoms with Crippen LogP contribution in [0.5, 0.6) is 0 Å². The van der Waals surface area contributed by atoms with Crippen LogP contribution >= 0.6 is 0 Å². The molecule has 0 atom stereocenters. The molecular formula is C12H17F2N3. The Kier molecular flexibility index (Phi) is 4.28. The first-order valence-electron chi connectivity index (χ1n) is 5.88. The summed E-state index contributed by atoms with van der Waals surface area (Å²) < 4.78 is 26.2. The lowest BCUT2D eigenvalue weighted by Gasteiger charge is -2.27. The lowest BCUT2D eigenvalue weighted by molar-refractivity contribution is 0.249.